The molecule has 1 aromatic heterocycles. The molecule has 8 heteroatoms. The molecule has 0 aliphatic rings. The number of benzene rings is 1. The van der Waals surface area contributed by atoms with Crippen molar-refractivity contribution >= 4 is 11.9 Å². The number of hydrogen-bond acceptors (Lipinski definition) is 4. The van der Waals surface area contributed by atoms with E-state index in [1.807, 2.05) is 25.6 Å². The molecule has 0 saturated carbocycles. The average molecular weight is 372 g/mol. The highest BCUT2D eigenvalue weighted by atomic mass is 16.5. The molecule has 146 valence electrons. The maximum absolute atomic E-state index is 12.2. The highest BCUT2D eigenvalue weighted by Crippen LogP contribution is 2.12. The first-order valence-electron chi connectivity index (χ1n) is 8.82. The highest BCUT2D eigenvalue weighted by Gasteiger charge is 2.10. The molecule has 3 N–H and O–H groups in total. The molecule has 1 heterocycles. The Balaban J connectivity index is 1.77. The van der Waals surface area contributed by atoms with Gasteiger partial charge in [-0.05, 0) is 32.0 Å². The third-order valence-electron chi connectivity index (χ3n) is 4.35. The van der Waals surface area contributed by atoms with Crippen molar-refractivity contribution in [3.05, 3.63) is 46.8 Å². The molecule has 0 bridgehead atoms. The molecular formula is C19H28N6O2. The summed E-state index contributed by atoms with van der Waals surface area (Å²) in [6.45, 7) is 5.71. The molecule has 0 radical (unpaired) electrons. The second-order valence-corrected chi connectivity index (χ2v) is 6.11. The van der Waals surface area contributed by atoms with Crippen molar-refractivity contribution in [2.24, 2.45) is 12.0 Å². The largest absolute Gasteiger partial charge is 0.497 e. The van der Waals surface area contributed by atoms with Crippen molar-refractivity contribution in [2.75, 3.05) is 27.2 Å². The van der Waals surface area contributed by atoms with Gasteiger partial charge in [0.1, 0.15) is 5.75 Å². The van der Waals surface area contributed by atoms with E-state index in [1.165, 1.54) is 0 Å². The predicted molar refractivity (Wildman–Crippen MR) is 106 cm³/mol. The number of aromatic nitrogens is 2. The van der Waals surface area contributed by atoms with Crippen LogP contribution in [0.5, 0.6) is 5.75 Å². The topological polar surface area (TPSA) is 92.6 Å². The summed E-state index contributed by atoms with van der Waals surface area (Å²) in [5.74, 6) is 1.19. The minimum atomic E-state index is -0.139. The van der Waals surface area contributed by atoms with E-state index in [-0.39, 0.29) is 5.91 Å². The number of hydrogen-bond donors (Lipinski definition) is 3. The van der Waals surface area contributed by atoms with Crippen molar-refractivity contribution in [3.63, 3.8) is 0 Å². The Morgan fingerprint density at radius 3 is 2.59 bits per heavy atom. The number of amides is 1. The van der Waals surface area contributed by atoms with Gasteiger partial charge >= 0.3 is 0 Å². The van der Waals surface area contributed by atoms with Gasteiger partial charge in [-0.25, -0.2) is 0 Å². The van der Waals surface area contributed by atoms with Gasteiger partial charge in [0, 0.05) is 50.6 Å². The van der Waals surface area contributed by atoms with Crippen LogP contribution >= 0.6 is 0 Å². The van der Waals surface area contributed by atoms with Crippen molar-refractivity contribution in [1.29, 1.82) is 0 Å². The molecule has 0 unspecified atom stereocenters. The molecule has 2 aromatic rings. The fourth-order valence-electron chi connectivity index (χ4n) is 2.69. The molecule has 0 aliphatic heterocycles. The third kappa shape index (κ3) is 5.47. The highest BCUT2D eigenvalue weighted by molar-refractivity contribution is 5.94. The molecule has 0 fully saturated rings. The molecule has 0 spiro atoms. The standard InChI is InChI=1S/C19H28N6O2/c1-13-17(14(2)25(4)24-13)12-23-19(20-3)22-10-9-21-18(26)15-7-6-8-16(11-15)27-5/h6-8,11H,9-10,12H2,1-5H3,(H,21,26)(H2,20,22,23). The van der Waals surface area contributed by atoms with Crippen molar-refractivity contribution in [3.8, 4) is 5.75 Å². The Labute approximate surface area is 160 Å². The van der Waals surface area contributed by atoms with Gasteiger partial charge in [0.25, 0.3) is 5.91 Å². The number of ether oxygens (including phenoxy) is 1. The molecule has 0 aliphatic carbocycles. The summed E-state index contributed by atoms with van der Waals surface area (Å²) in [6.07, 6.45) is 0. The Bertz CT molecular complexity index is 813. The van der Waals surface area contributed by atoms with Crippen LogP contribution in [0.1, 0.15) is 27.3 Å². The number of carbonyl (C=O) groups is 1. The molecule has 2 rings (SSSR count). The normalized spacial score (nSPS) is 11.2. The van der Waals surface area contributed by atoms with Gasteiger partial charge < -0.3 is 20.7 Å². The molecule has 1 amide bonds. The lowest BCUT2D eigenvalue weighted by Gasteiger charge is -2.13. The summed E-state index contributed by atoms with van der Waals surface area (Å²) < 4.78 is 7.01. The van der Waals surface area contributed by atoms with Gasteiger partial charge in [-0.3, -0.25) is 14.5 Å². The second-order valence-electron chi connectivity index (χ2n) is 6.11. The zero-order chi connectivity index (χ0) is 19.8. The fourth-order valence-corrected chi connectivity index (χ4v) is 2.69. The van der Waals surface area contributed by atoms with Gasteiger partial charge in [-0.2, -0.15) is 5.10 Å². The van der Waals surface area contributed by atoms with E-state index in [4.69, 9.17) is 4.74 Å². The Kier molecular flexibility index (Phi) is 7.22. The number of guanidine groups is 1. The van der Waals surface area contributed by atoms with E-state index < -0.39 is 0 Å². The van der Waals surface area contributed by atoms with Crippen LogP contribution in [-0.4, -0.2) is 48.9 Å². The Morgan fingerprint density at radius 1 is 1.22 bits per heavy atom. The summed E-state index contributed by atoms with van der Waals surface area (Å²) in [5, 5.41) is 13.7. The quantitative estimate of drug-likeness (QED) is 0.385. The Hall–Kier alpha value is -3.03. The molecule has 8 nitrogen and oxygen atoms in total. The zero-order valence-electron chi connectivity index (χ0n) is 16.6. The summed E-state index contributed by atoms with van der Waals surface area (Å²) >= 11 is 0. The van der Waals surface area contributed by atoms with E-state index >= 15 is 0 Å². The van der Waals surface area contributed by atoms with Gasteiger partial charge in [-0.15, -0.1) is 0 Å². The summed E-state index contributed by atoms with van der Waals surface area (Å²) in [6, 6.07) is 7.06. The van der Waals surface area contributed by atoms with Gasteiger partial charge in [0.05, 0.1) is 12.8 Å². The number of nitrogens with zero attached hydrogens (tertiary/aromatic N) is 3. The lowest BCUT2D eigenvalue weighted by atomic mass is 10.2. The molecule has 27 heavy (non-hydrogen) atoms. The molecule has 1 aromatic carbocycles. The minimum Gasteiger partial charge on any atom is -0.497 e. The van der Waals surface area contributed by atoms with Crippen LogP contribution in [0.15, 0.2) is 29.3 Å². The lowest BCUT2D eigenvalue weighted by molar-refractivity contribution is 0.0954. The van der Waals surface area contributed by atoms with Crippen LogP contribution in [0.25, 0.3) is 0 Å². The average Bonchev–Trinajstić information content (AvgIpc) is 2.92. The van der Waals surface area contributed by atoms with E-state index in [0.29, 0.717) is 36.9 Å². The minimum absolute atomic E-state index is 0.139. The van der Waals surface area contributed by atoms with E-state index in [0.717, 1.165) is 17.0 Å². The van der Waals surface area contributed by atoms with Crippen molar-refractivity contribution in [1.82, 2.24) is 25.7 Å². The first kappa shape index (κ1) is 20.3. The first-order chi connectivity index (χ1) is 13.0. The number of rotatable bonds is 7. The monoisotopic (exact) mass is 372 g/mol. The second kappa shape index (κ2) is 9.61. The van der Waals surface area contributed by atoms with Crippen LogP contribution in [-0.2, 0) is 13.6 Å². The molecular weight excluding hydrogens is 344 g/mol. The summed E-state index contributed by atoms with van der Waals surface area (Å²) in [5.41, 5.74) is 3.86. The van der Waals surface area contributed by atoms with Gasteiger partial charge in [0.2, 0.25) is 0 Å². The number of methoxy groups -OCH3 is 1. The van der Waals surface area contributed by atoms with Crippen molar-refractivity contribution in [2.45, 2.75) is 20.4 Å². The lowest BCUT2D eigenvalue weighted by Crippen LogP contribution is -2.41. The smallest absolute Gasteiger partial charge is 0.251 e. The maximum Gasteiger partial charge on any atom is 0.251 e. The van der Waals surface area contributed by atoms with Crippen LogP contribution in [0.4, 0.5) is 0 Å². The summed E-state index contributed by atoms with van der Waals surface area (Å²) in [7, 11) is 5.23. The molecule has 0 atom stereocenters. The van der Waals surface area contributed by atoms with E-state index in [1.54, 1.807) is 38.4 Å². The van der Waals surface area contributed by atoms with Crippen LogP contribution < -0.4 is 20.7 Å². The SMILES string of the molecule is CN=C(NCCNC(=O)c1cccc(OC)c1)NCc1c(C)nn(C)c1C. The third-order valence-corrected chi connectivity index (χ3v) is 4.35. The van der Waals surface area contributed by atoms with Crippen LogP contribution in [0.2, 0.25) is 0 Å². The van der Waals surface area contributed by atoms with Gasteiger partial charge in [-0.1, -0.05) is 6.07 Å². The van der Waals surface area contributed by atoms with Crippen molar-refractivity contribution < 1.29 is 9.53 Å². The summed E-state index contributed by atoms with van der Waals surface area (Å²) in [4.78, 5) is 16.4. The first-order valence-corrected chi connectivity index (χ1v) is 8.82. The van der Waals surface area contributed by atoms with E-state index in [9.17, 15) is 4.79 Å². The molecule has 0 saturated heterocycles. The van der Waals surface area contributed by atoms with Gasteiger partial charge in [0.15, 0.2) is 5.96 Å². The zero-order valence-corrected chi connectivity index (χ0v) is 16.6. The van der Waals surface area contributed by atoms with Crippen LogP contribution in [0.3, 0.4) is 0 Å². The maximum atomic E-state index is 12.2. The van der Waals surface area contributed by atoms with E-state index in [2.05, 4.69) is 26.0 Å². The number of aryl methyl sites for hydroxylation is 2. The fraction of sp³-hybridized carbons (Fsp3) is 0.421. The predicted octanol–water partition coefficient (Wildman–Crippen LogP) is 1.14. The number of aliphatic imine (C=N–C) groups is 1. The Morgan fingerprint density at radius 2 is 1.96 bits per heavy atom. The number of carbonyl (C=O) groups excluding carboxylic acids is 1. The number of nitrogens with one attached hydrogen (secondary N) is 3. The van der Waals surface area contributed by atoms with Crippen LogP contribution in [0, 0.1) is 13.8 Å².